The summed E-state index contributed by atoms with van der Waals surface area (Å²) in [6, 6.07) is 1.22. The Morgan fingerprint density at radius 1 is 1.27 bits per heavy atom. The van der Waals surface area contributed by atoms with Gasteiger partial charge in [0, 0.05) is 10.4 Å². The fraction of sp³-hybridized carbons (Fsp3) is 0.455. The third-order valence-electron chi connectivity index (χ3n) is 2.91. The first kappa shape index (κ1) is 11.5. The van der Waals surface area contributed by atoms with Crippen LogP contribution in [0, 0.1) is 11.6 Å². The highest BCUT2D eigenvalue weighted by Crippen LogP contribution is 2.45. The molecule has 0 saturated heterocycles. The van der Waals surface area contributed by atoms with Crippen molar-refractivity contribution in [3.05, 3.63) is 33.3 Å². The Morgan fingerprint density at radius 2 is 1.93 bits per heavy atom. The Morgan fingerprint density at radius 3 is 2.60 bits per heavy atom. The fourth-order valence-electron chi connectivity index (χ4n) is 2.12. The predicted octanol–water partition coefficient (Wildman–Crippen LogP) is 5.06. The lowest BCUT2D eigenvalue weighted by molar-refractivity contribution is 0.498. The lowest BCUT2D eigenvalue weighted by atomic mass is 9.83. The number of rotatable bonds is 0. The Kier molecular flexibility index (Phi) is 3.17. The van der Waals surface area contributed by atoms with Gasteiger partial charge in [0.05, 0.1) is 4.47 Å². The van der Waals surface area contributed by atoms with Gasteiger partial charge in [-0.15, -0.1) is 0 Å². The smallest absolute Gasteiger partial charge is 0.142 e. The highest BCUT2D eigenvalue weighted by atomic mass is 79.9. The predicted molar refractivity (Wildman–Crippen MR) is 63.4 cm³/mol. The minimum Gasteiger partial charge on any atom is -0.207 e. The number of hydrogen-bond donors (Lipinski definition) is 0. The van der Waals surface area contributed by atoms with Crippen molar-refractivity contribution in [3.8, 4) is 0 Å². The maximum absolute atomic E-state index is 13.8. The second-order valence-corrected chi connectivity index (χ2v) is 5.89. The fourth-order valence-corrected chi connectivity index (χ4v) is 3.25. The Bertz CT molecular complexity index is 404. The van der Waals surface area contributed by atoms with Crippen LogP contribution in [0.3, 0.4) is 0 Å². The van der Waals surface area contributed by atoms with Gasteiger partial charge >= 0.3 is 0 Å². The first-order chi connectivity index (χ1) is 7.02. The first-order valence-electron chi connectivity index (χ1n) is 4.83. The second-order valence-electron chi connectivity index (χ2n) is 3.93. The molecule has 82 valence electrons. The van der Waals surface area contributed by atoms with Crippen LogP contribution in [0.15, 0.2) is 10.5 Å². The van der Waals surface area contributed by atoms with Crippen LogP contribution >= 0.6 is 31.9 Å². The van der Waals surface area contributed by atoms with Gasteiger partial charge in [-0.3, -0.25) is 0 Å². The molecule has 0 bridgehead atoms. The van der Waals surface area contributed by atoms with E-state index in [0.29, 0.717) is 11.1 Å². The molecule has 0 fully saturated rings. The average Bonchev–Trinajstić information content (AvgIpc) is 2.18. The number of fused-ring (bicyclic) bond motifs is 1. The molecule has 1 aromatic rings. The van der Waals surface area contributed by atoms with Gasteiger partial charge in [0.25, 0.3) is 0 Å². The quantitative estimate of drug-likeness (QED) is 0.457. The summed E-state index contributed by atoms with van der Waals surface area (Å²) < 4.78 is 27.8. The van der Waals surface area contributed by atoms with E-state index in [4.69, 9.17) is 0 Å². The highest BCUT2D eigenvalue weighted by molar-refractivity contribution is 9.10. The van der Waals surface area contributed by atoms with E-state index in [9.17, 15) is 8.78 Å². The summed E-state index contributed by atoms with van der Waals surface area (Å²) in [6.07, 6.45) is 1.74. The number of benzene rings is 1. The third-order valence-corrected chi connectivity index (χ3v) is 4.40. The molecular formula is C11H10Br2F2. The lowest BCUT2D eigenvalue weighted by Gasteiger charge is -2.27. The van der Waals surface area contributed by atoms with Crippen LogP contribution < -0.4 is 0 Å². The van der Waals surface area contributed by atoms with Crippen LogP contribution in [-0.4, -0.2) is 0 Å². The van der Waals surface area contributed by atoms with Crippen LogP contribution in [0.5, 0.6) is 0 Å². The van der Waals surface area contributed by atoms with Gasteiger partial charge in [-0.2, -0.15) is 0 Å². The molecule has 0 saturated carbocycles. The van der Waals surface area contributed by atoms with Gasteiger partial charge in [-0.1, -0.05) is 22.9 Å². The van der Waals surface area contributed by atoms with E-state index in [1.165, 1.54) is 6.07 Å². The van der Waals surface area contributed by atoms with Crippen LogP contribution in [0.25, 0.3) is 0 Å². The number of halogens is 4. The zero-order valence-electron chi connectivity index (χ0n) is 8.16. The van der Waals surface area contributed by atoms with Crippen molar-refractivity contribution in [1.29, 1.82) is 0 Å². The van der Waals surface area contributed by atoms with Gasteiger partial charge in [-0.05, 0) is 46.3 Å². The van der Waals surface area contributed by atoms with Crippen LogP contribution in [0.2, 0.25) is 0 Å². The van der Waals surface area contributed by atoms with Gasteiger partial charge in [0.1, 0.15) is 11.6 Å². The molecule has 1 aromatic carbocycles. The highest BCUT2D eigenvalue weighted by Gasteiger charge is 2.30. The normalized spacial score (nSPS) is 25.1. The van der Waals surface area contributed by atoms with E-state index in [-0.39, 0.29) is 26.9 Å². The summed E-state index contributed by atoms with van der Waals surface area (Å²) in [4.78, 5) is -0.0734. The van der Waals surface area contributed by atoms with Gasteiger partial charge in [-0.25, -0.2) is 8.78 Å². The van der Waals surface area contributed by atoms with Crippen molar-refractivity contribution in [1.82, 2.24) is 0 Å². The van der Waals surface area contributed by atoms with Crippen molar-refractivity contribution in [3.63, 3.8) is 0 Å². The summed E-state index contributed by atoms with van der Waals surface area (Å²) in [5, 5.41) is 0. The molecule has 2 rings (SSSR count). The van der Waals surface area contributed by atoms with Gasteiger partial charge < -0.3 is 0 Å². The summed E-state index contributed by atoms with van der Waals surface area (Å²) >= 11 is 6.44. The summed E-state index contributed by atoms with van der Waals surface area (Å²) in [6.45, 7) is 1.94. The minimum atomic E-state index is -0.333. The summed E-state index contributed by atoms with van der Waals surface area (Å²) in [5.41, 5.74) is 1.02. The van der Waals surface area contributed by atoms with Crippen molar-refractivity contribution in [2.24, 2.45) is 0 Å². The van der Waals surface area contributed by atoms with Crippen LogP contribution in [-0.2, 0) is 0 Å². The topological polar surface area (TPSA) is 0 Å². The largest absolute Gasteiger partial charge is 0.207 e. The standard InChI is InChI=1S/C11H10Br2F2/c1-5-2-3-6(12)10-9(5)8(14)4-7(13)11(10)15/h4-6H,2-3H2,1H3. The molecule has 15 heavy (non-hydrogen) atoms. The Hall–Kier alpha value is 0.0400. The molecule has 2 unspecified atom stereocenters. The van der Waals surface area contributed by atoms with E-state index in [1.54, 1.807) is 0 Å². The van der Waals surface area contributed by atoms with E-state index in [2.05, 4.69) is 31.9 Å². The van der Waals surface area contributed by atoms with E-state index < -0.39 is 0 Å². The Labute approximate surface area is 104 Å². The molecule has 4 heteroatoms. The average molecular weight is 340 g/mol. The molecule has 0 spiro atoms. The molecule has 0 amide bonds. The molecule has 0 aromatic heterocycles. The number of alkyl halides is 1. The van der Waals surface area contributed by atoms with E-state index in [1.807, 2.05) is 6.92 Å². The molecule has 1 aliphatic rings. The van der Waals surface area contributed by atoms with E-state index in [0.717, 1.165) is 12.8 Å². The number of hydrogen-bond acceptors (Lipinski definition) is 0. The SMILES string of the molecule is CC1CCC(Br)c2c(F)c(Br)cc(F)c21. The van der Waals surface area contributed by atoms with Crippen molar-refractivity contribution in [2.45, 2.75) is 30.5 Å². The van der Waals surface area contributed by atoms with Crippen LogP contribution in [0.1, 0.15) is 41.6 Å². The third kappa shape index (κ3) is 1.86. The van der Waals surface area contributed by atoms with Gasteiger partial charge in [0.2, 0.25) is 0 Å². The maximum atomic E-state index is 13.8. The molecule has 0 aliphatic heterocycles. The molecule has 0 heterocycles. The van der Waals surface area contributed by atoms with Crippen molar-refractivity contribution < 1.29 is 8.78 Å². The first-order valence-corrected chi connectivity index (χ1v) is 6.54. The van der Waals surface area contributed by atoms with Crippen LogP contribution in [0.4, 0.5) is 8.78 Å². The van der Waals surface area contributed by atoms with Crippen molar-refractivity contribution in [2.75, 3.05) is 0 Å². The monoisotopic (exact) mass is 338 g/mol. The summed E-state index contributed by atoms with van der Waals surface area (Å²) in [7, 11) is 0. The molecular weight excluding hydrogens is 330 g/mol. The van der Waals surface area contributed by atoms with Gasteiger partial charge in [0.15, 0.2) is 0 Å². The zero-order valence-corrected chi connectivity index (χ0v) is 11.3. The summed E-state index contributed by atoms with van der Waals surface area (Å²) in [5.74, 6) is -0.550. The zero-order chi connectivity index (χ0) is 11.2. The minimum absolute atomic E-state index is 0.0734. The molecule has 0 nitrogen and oxygen atoms in total. The van der Waals surface area contributed by atoms with Crippen molar-refractivity contribution >= 4 is 31.9 Å². The molecule has 0 radical (unpaired) electrons. The van der Waals surface area contributed by atoms with E-state index >= 15 is 0 Å². The molecule has 2 atom stereocenters. The Balaban J connectivity index is 2.71. The lowest BCUT2D eigenvalue weighted by Crippen LogP contribution is -2.14. The maximum Gasteiger partial charge on any atom is 0.142 e. The molecule has 1 aliphatic carbocycles. The second kappa shape index (κ2) is 4.13. The molecule has 0 N–H and O–H groups in total.